The summed E-state index contributed by atoms with van der Waals surface area (Å²) >= 11 is 1.47. The van der Waals surface area contributed by atoms with Gasteiger partial charge >= 0.3 is 6.03 Å². The molecule has 0 radical (unpaired) electrons. The van der Waals surface area contributed by atoms with Crippen molar-refractivity contribution in [2.45, 2.75) is 38.1 Å². The van der Waals surface area contributed by atoms with Crippen LogP contribution in [0.2, 0.25) is 0 Å². The van der Waals surface area contributed by atoms with E-state index in [2.05, 4.69) is 29.5 Å². The van der Waals surface area contributed by atoms with Gasteiger partial charge in [0, 0.05) is 24.3 Å². The molecule has 1 aromatic heterocycles. The Labute approximate surface area is 150 Å². The fraction of sp³-hybridized carbons (Fsp3) is 0.444. The summed E-state index contributed by atoms with van der Waals surface area (Å²) in [4.78, 5) is 17.9. The quantitative estimate of drug-likeness (QED) is 0.854. The maximum Gasteiger partial charge on any atom is 0.321 e. The van der Waals surface area contributed by atoms with E-state index in [0.29, 0.717) is 37.1 Å². The number of nitrogens with one attached hydrogen (secondary N) is 2. The number of anilines is 1. The van der Waals surface area contributed by atoms with Crippen LogP contribution in [0.4, 0.5) is 14.3 Å². The Morgan fingerprint density at radius 1 is 1.28 bits per heavy atom. The molecule has 3 rings (SSSR count). The summed E-state index contributed by atoms with van der Waals surface area (Å²) in [6.45, 7) is 5.27. The number of rotatable bonds is 4. The Hall–Kier alpha value is -1.99. The number of urea groups is 1. The van der Waals surface area contributed by atoms with Gasteiger partial charge in [-0.3, -0.25) is 5.32 Å². The second-order valence-corrected chi connectivity index (χ2v) is 7.57. The average molecular weight is 363 g/mol. The lowest BCUT2D eigenvalue weighted by molar-refractivity contribution is 0.0418. The molecular formula is C18H22FN3O2S. The third-order valence-corrected chi connectivity index (χ3v) is 5.62. The topological polar surface area (TPSA) is 63.2 Å². The minimum absolute atomic E-state index is 0.292. The van der Waals surface area contributed by atoms with Crippen LogP contribution in [0.25, 0.3) is 0 Å². The molecule has 134 valence electrons. The SMILES string of the molecule is CC(C)c1cnc(NC(=O)NC2(c3ccc(F)cc3)CCOCC2)s1. The van der Waals surface area contributed by atoms with Gasteiger partial charge in [-0.2, -0.15) is 0 Å². The largest absolute Gasteiger partial charge is 0.381 e. The van der Waals surface area contributed by atoms with Gasteiger partial charge in [-0.05, 0) is 36.5 Å². The highest BCUT2D eigenvalue weighted by molar-refractivity contribution is 7.15. The molecule has 0 aliphatic carbocycles. The fourth-order valence-electron chi connectivity index (χ4n) is 2.93. The summed E-state index contributed by atoms with van der Waals surface area (Å²) in [5.41, 5.74) is 0.322. The Bertz CT molecular complexity index is 724. The van der Waals surface area contributed by atoms with Crippen molar-refractivity contribution in [3.63, 3.8) is 0 Å². The van der Waals surface area contributed by atoms with Crippen molar-refractivity contribution in [3.05, 3.63) is 46.7 Å². The molecule has 7 heteroatoms. The molecule has 25 heavy (non-hydrogen) atoms. The number of benzene rings is 1. The lowest BCUT2D eigenvalue weighted by atomic mass is 9.83. The van der Waals surface area contributed by atoms with Crippen molar-refractivity contribution in [3.8, 4) is 0 Å². The van der Waals surface area contributed by atoms with E-state index in [1.807, 2.05) is 0 Å². The van der Waals surface area contributed by atoms with Crippen LogP contribution in [0.15, 0.2) is 30.5 Å². The molecule has 0 bridgehead atoms. The Kier molecular flexibility index (Phi) is 5.34. The van der Waals surface area contributed by atoms with Gasteiger partial charge in [-0.1, -0.05) is 26.0 Å². The third kappa shape index (κ3) is 4.16. The molecule has 0 saturated carbocycles. The predicted molar refractivity (Wildman–Crippen MR) is 96.5 cm³/mol. The molecule has 1 aromatic carbocycles. The first-order valence-corrected chi connectivity index (χ1v) is 9.19. The number of halogens is 1. The summed E-state index contributed by atoms with van der Waals surface area (Å²) in [6, 6.07) is 5.97. The Morgan fingerprint density at radius 3 is 2.56 bits per heavy atom. The van der Waals surface area contributed by atoms with E-state index in [-0.39, 0.29) is 11.8 Å². The standard InChI is InChI=1S/C18H22FN3O2S/c1-12(2)15-11-20-17(25-15)21-16(23)22-18(7-9-24-10-8-18)13-3-5-14(19)6-4-13/h3-6,11-12H,7-10H2,1-2H3,(H2,20,21,22,23). The van der Waals surface area contributed by atoms with Gasteiger partial charge in [-0.15, -0.1) is 11.3 Å². The molecule has 1 saturated heterocycles. The smallest absolute Gasteiger partial charge is 0.321 e. The number of ether oxygens (including phenoxy) is 1. The fourth-order valence-corrected chi connectivity index (χ4v) is 3.75. The van der Waals surface area contributed by atoms with Gasteiger partial charge in [0.2, 0.25) is 0 Å². The van der Waals surface area contributed by atoms with Crippen molar-refractivity contribution in [2.24, 2.45) is 0 Å². The molecule has 1 aliphatic rings. The molecule has 2 aromatic rings. The van der Waals surface area contributed by atoms with Crippen LogP contribution in [0.3, 0.4) is 0 Å². The number of hydrogen-bond acceptors (Lipinski definition) is 4. The van der Waals surface area contributed by atoms with Crippen LogP contribution in [0.5, 0.6) is 0 Å². The van der Waals surface area contributed by atoms with Crippen molar-refractivity contribution in [1.82, 2.24) is 10.3 Å². The van der Waals surface area contributed by atoms with Crippen LogP contribution in [0.1, 0.15) is 43.0 Å². The molecule has 2 heterocycles. The number of nitrogens with zero attached hydrogens (tertiary/aromatic N) is 1. The lowest BCUT2D eigenvalue weighted by Crippen LogP contribution is -2.50. The van der Waals surface area contributed by atoms with Crippen molar-refractivity contribution < 1.29 is 13.9 Å². The van der Waals surface area contributed by atoms with Crippen molar-refractivity contribution in [2.75, 3.05) is 18.5 Å². The Balaban J connectivity index is 1.75. The van der Waals surface area contributed by atoms with E-state index in [1.165, 1.54) is 23.5 Å². The number of carbonyl (C=O) groups excluding carboxylic acids is 1. The van der Waals surface area contributed by atoms with Gasteiger partial charge in [0.15, 0.2) is 5.13 Å². The number of hydrogen-bond donors (Lipinski definition) is 2. The van der Waals surface area contributed by atoms with Gasteiger partial charge in [0.25, 0.3) is 0 Å². The van der Waals surface area contributed by atoms with Crippen molar-refractivity contribution >= 4 is 22.5 Å². The molecule has 0 atom stereocenters. The first kappa shape index (κ1) is 17.8. The second kappa shape index (κ2) is 7.49. The normalized spacial score (nSPS) is 16.6. The van der Waals surface area contributed by atoms with E-state index in [9.17, 15) is 9.18 Å². The molecule has 0 spiro atoms. The zero-order valence-corrected chi connectivity index (χ0v) is 15.2. The maximum absolute atomic E-state index is 13.3. The summed E-state index contributed by atoms with van der Waals surface area (Å²) < 4.78 is 18.7. The molecule has 5 nitrogen and oxygen atoms in total. The molecule has 2 N–H and O–H groups in total. The highest BCUT2D eigenvalue weighted by Gasteiger charge is 2.36. The van der Waals surface area contributed by atoms with Crippen LogP contribution in [0, 0.1) is 5.82 Å². The average Bonchev–Trinajstić information content (AvgIpc) is 3.05. The summed E-state index contributed by atoms with van der Waals surface area (Å²) in [7, 11) is 0. The minimum Gasteiger partial charge on any atom is -0.381 e. The second-order valence-electron chi connectivity index (χ2n) is 6.50. The van der Waals surface area contributed by atoms with Crippen LogP contribution in [-0.4, -0.2) is 24.2 Å². The van der Waals surface area contributed by atoms with E-state index in [1.54, 1.807) is 18.3 Å². The zero-order valence-electron chi connectivity index (χ0n) is 14.3. The van der Waals surface area contributed by atoms with E-state index >= 15 is 0 Å². The first-order chi connectivity index (χ1) is 12.0. The molecule has 1 fully saturated rings. The lowest BCUT2D eigenvalue weighted by Gasteiger charge is -2.38. The number of amides is 2. The van der Waals surface area contributed by atoms with Crippen LogP contribution >= 0.6 is 11.3 Å². The highest BCUT2D eigenvalue weighted by atomic mass is 32.1. The minimum atomic E-state index is -0.561. The van der Waals surface area contributed by atoms with E-state index in [4.69, 9.17) is 4.74 Å². The third-order valence-electron chi connectivity index (χ3n) is 4.41. The molecule has 2 amide bonds. The molecule has 0 unspecified atom stereocenters. The van der Waals surface area contributed by atoms with E-state index in [0.717, 1.165) is 10.4 Å². The molecular weight excluding hydrogens is 341 g/mol. The predicted octanol–water partition coefficient (Wildman–Crippen LogP) is 4.23. The summed E-state index contributed by atoms with van der Waals surface area (Å²) in [5.74, 6) is 0.0802. The zero-order chi connectivity index (χ0) is 17.9. The summed E-state index contributed by atoms with van der Waals surface area (Å²) in [5, 5.41) is 6.45. The maximum atomic E-state index is 13.3. The highest BCUT2D eigenvalue weighted by Crippen LogP contribution is 2.33. The van der Waals surface area contributed by atoms with Crippen LogP contribution < -0.4 is 10.6 Å². The van der Waals surface area contributed by atoms with Gasteiger partial charge in [0.1, 0.15) is 5.82 Å². The number of thiazole rings is 1. The monoisotopic (exact) mass is 363 g/mol. The van der Waals surface area contributed by atoms with Gasteiger partial charge in [-0.25, -0.2) is 14.2 Å². The Morgan fingerprint density at radius 2 is 1.96 bits per heavy atom. The van der Waals surface area contributed by atoms with Crippen LogP contribution in [-0.2, 0) is 10.3 Å². The van der Waals surface area contributed by atoms with E-state index < -0.39 is 5.54 Å². The molecule has 1 aliphatic heterocycles. The first-order valence-electron chi connectivity index (χ1n) is 8.37. The summed E-state index contributed by atoms with van der Waals surface area (Å²) in [6.07, 6.45) is 3.07. The number of carbonyl (C=O) groups is 1. The number of aromatic nitrogens is 1. The van der Waals surface area contributed by atoms with Crippen molar-refractivity contribution in [1.29, 1.82) is 0 Å². The van der Waals surface area contributed by atoms with Gasteiger partial charge in [0.05, 0.1) is 5.54 Å². The van der Waals surface area contributed by atoms with Gasteiger partial charge < -0.3 is 10.1 Å².